The number of hydrogen-bond donors (Lipinski definition) is 2. The van der Waals surface area contributed by atoms with E-state index in [-0.39, 0.29) is 22.5 Å². The zero-order valence-electron chi connectivity index (χ0n) is 16.9. The molecule has 1 atom stereocenters. The van der Waals surface area contributed by atoms with Gasteiger partial charge in [0.25, 0.3) is 17.6 Å². The van der Waals surface area contributed by atoms with Crippen LogP contribution in [0.1, 0.15) is 38.5 Å². The maximum atomic E-state index is 13.4. The Labute approximate surface area is 178 Å². The summed E-state index contributed by atoms with van der Waals surface area (Å²) < 4.78 is 70.8. The molecular weight excluding hydrogens is 441 g/mol. The number of aromatic nitrogens is 1. The highest BCUT2D eigenvalue weighted by molar-refractivity contribution is 6.43. The minimum atomic E-state index is -4.93. The number of carbonyl (C=O) groups excluding carboxylic acids is 3. The number of Topliss-reactive ketones (excluding diaryl/α,β-unsaturated/α-hetero) is 1. The molecule has 2 amide bonds. The number of fused-ring (bicyclic) bond motifs is 1. The van der Waals surface area contributed by atoms with Gasteiger partial charge in [-0.05, 0) is 37.5 Å². The van der Waals surface area contributed by atoms with Crippen molar-refractivity contribution in [3.63, 3.8) is 0 Å². The summed E-state index contributed by atoms with van der Waals surface area (Å²) in [6.07, 6.45) is -6.75. The van der Waals surface area contributed by atoms with Crippen LogP contribution < -0.4 is 10.6 Å². The lowest BCUT2D eigenvalue weighted by Crippen LogP contribution is -2.49. The van der Waals surface area contributed by atoms with Crippen molar-refractivity contribution in [3.8, 4) is 0 Å². The van der Waals surface area contributed by atoms with Crippen LogP contribution in [0.15, 0.2) is 18.2 Å². The lowest BCUT2D eigenvalue weighted by Gasteiger charge is -2.19. The van der Waals surface area contributed by atoms with Gasteiger partial charge in [0, 0.05) is 31.1 Å². The maximum absolute atomic E-state index is 13.4. The second-order valence-corrected chi connectivity index (χ2v) is 7.09. The van der Waals surface area contributed by atoms with E-state index in [2.05, 4.69) is 10.1 Å². The van der Waals surface area contributed by atoms with Crippen molar-refractivity contribution >= 4 is 23.3 Å². The van der Waals surface area contributed by atoms with E-state index >= 15 is 0 Å². The minimum absolute atomic E-state index is 0.00232. The van der Waals surface area contributed by atoms with Crippen LogP contribution in [0.25, 0.3) is 0 Å². The molecule has 0 radical (unpaired) electrons. The number of hydrogen-bond acceptors (Lipinski definition) is 4. The molecule has 2 aromatic rings. The van der Waals surface area contributed by atoms with Gasteiger partial charge in [-0.1, -0.05) is 0 Å². The third-order valence-electron chi connectivity index (χ3n) is 5.03. The van der Waals surface area contributed by atoms with Gasteiger partial charge in [0.2, 0.25) is 6.23 Å². The lowest BCUT2D eigenvalue weighted by molar-refractivity contribution is -0.221. The van der Waals surface area contributed by atoms with Crippen LogP contribution in [-0.4, -0.2) is 41.7 Å². The number of nitrogens with one attached hydrogen (secondary N) is 2. The third kappa shape index (κ3) is 4.35. The maximum Gasteiger partial charge on any atom is 0.433 e. The first-order valence-electron chi connectivity index (χ1n) is 9.38. The molecule has 2 N–H and O–H groups in total. The number of methoxy groups -OCH3 is 1. The summed E-state index contributed by atoms with van der Waals surface area (Å²) in [6, 6.07) is 2.74. The van der Waals surface area contributed by atoms with Gasteiger partial charge in [-0.3, -0.25) is 14.4 Å². The average Bonchev–Trinajstić information content (AvgIpc) is 3.26. The fourth-order valence-electron chi connectivity index (χ4n) is 3.65. The fourth-order valence-corrected chi connectivity index (χ4v) is 3.65. The van der Waals surface area contributed by atoms with E-state index in [0.29, 0.717) is 25.1 Å². The van der Waals surface area contributed by atoms with Crippen LogP contribution >= 0.6 is 0 Å². The molecule has 0 saturated heterocycles. The van der Waals surface area contributed by atoms with E-state index in [0.717, 1.165) is 25.3 Å². The van der Waals surface area contributed by atoms with Crippen molar-refractivity contribution in [1.29, 1.82) is 0 Å². The predicted octanol–water partition coefficient (Wildman–Crippen LogP) is 3.11. The van der Waals surface area contributed by atoms with E-state index in [1.54, 1.807) is 0 Å². The van der Waals surface area contributed by atoms with E-state index in [1.807, 2.05) is 0 Å². The van der Waals surface area contributed by atoms with E-state index in [1.165, 1.54) is 16.8 Å². The zero-order chi connectivity index (χ0) is 23.8. The number of anilines is 1. The number of halogens is 5. The summed E-state index contributed by atoms with van der Waals surface area (Å²) in [5.41, 5.74) is 0.200. The number of rotatable bonds is 6. The summed E-state index contributed by atoms with van der Waals surface area (Å²) in [4.78, 5) is 37.8. The van der Waals surface area contributed by atoms with Gasteiger partial charge in [0.1, 0.15) is 5.69 Å². The van der Waals surface area contributed by atoms with Gasteiger partial charge in [-0.25, -0.2) is 8.78 Å². The summed E-state index contributed by atoms with van der Waals surface area (Å²) in [7, 11) is 0.727. The second kappa shape index (κ2) is 8.69. The van der Waals surface area contributed by atoms with Crippen LogP contribution in [0.3, 0.4) is 0 Å². The number of ether oxygens (including phenoxy) is 1. The summed E-state index contributed by atoms with van der Waals surface area (Å²) in [5.74, 6) is -5.81. The minimum Gasteiger partial charge on any atom is -0.353 e. The first kappa shape index (κ1) is 23.4. The van der Waals surface area contributed by atoms with Crippen molar-refractivity contribution in [2.24, 2.45) is 0 Å². The molecule has 1 aromatic heterocycles. The standard InChI is InChI=1S/C20H18F5N3O4/c1-9-14(16(29)18(31)27-19(32-2)20(23,24)25)13-4-3-7-28(13)15(9)17(30)26-10-5-6-11(21)12(22)8-10/h5-6,8,19H,3-4,7H2,1-2H3,(H,26,30)(H,27,31). The van der Waals surface area contributed by atoms with Crippen LogP contribution in [0.4, 0.5) is 27.6 Å². The Bertz CT molecular complexity index is 1090. The van der Waals surface area contributed by atoms with Gasteiger partial charge in [0.15, 0.2) is 11.6 Å². The Hall–Kier alpha value is -3.28. The van der Waals surface area contributed by atoms with Gasteiger partial charge in [0.05, 0.1) is 5.56 Å². The predicted molar refractivity (Wildman–Crippen MR) is 101 cm³/mol. The zero-order valence-corrected chi connectivity index (χ0v) is 16.9. The molecule has 1 aliphatic heterocycles. The Morgan fingerprint density at radius 2 is 1.84 bits per heavy atom. The first-order chi connectivity index (χ1) is 15.0. The van der Waals surface area contributed by atoms with Crippen molar-refractivity contribution in [1.82, 2.24) is 9.88 Å². The molecule has 3 rings (SSSR count). The highest BCUT2D eigenvalue weighted by Gasteiger charge is 2.43. The fraction of sp³-hybridized carbons (Fsp3) is 0.350. The van der Waals surface area contributed by atoms with Gasteiger partial charge in [-0.2, -0.15) is 13.2 Å². The van der Waals surface area contributed by atoms with Gasteiger partial charge >= 0.3 is 6.18 Å². The Morgan fingerprint density at radius 3 is 2.44 bits per heavy atom. The Morgan fingerprint density at radius 1 is 1.16 bits per heavy atom. The van der Waals surface area contributed by atoms with E-state index < -0.39 is 41.6 Å². The van der Waals surface area contributed by atoms with E-state index in [9.17, 15) is 36.3 Å². The Balaban J connectivity index is 1.92. The lowest BCUT2D eigenvalue weighted by atomic mass is 10.0. The number of nitrogens with zero attached hydrogens (tertiary/aromatic N) is 1. The van der Waals surface area contributed by atoms with Crippen molar-refractivity contribution in [3.05, 3.63) is 52.3 Å². The van der Waals surface area contributed by atoms with Crippen LogP contribution in [0, 0.1) is 18.6 Å². The number of amides is 2. The number of ketones is 1. The summed E-state index contributed by atoms with van der Waals surface area (Å²) >= 11 is 0. The second-order valence-electron chi connectivity index (χ2n) is 7.09. The molecule has 12 heteroatoms. The topological polar surface area (TPSA) is 89.4 Å². The Kier molecular flexibility index (Phi) is 6.35. The number of carbonyl (C=O) groups is 3. The molecular formula is C20H18F5N3O4. The molecule has 7 nitrogen and oxygen atoms in total. The van der Waals surface area contributed by atoms with Crippen LogP contribution in [0.5, 0.6) is 0 Å². The molecule has 0 saturated carbocycles. The molecule has 1 aliphatic rings. The smallest absolute Gasteiger partial charge is 0.353 e. The number of benzene rings is 1. The molecule has 1 unspecified atom stereocenters. The normalized spacial score (nSPS) is 14.1. The monoisotopic (exact) mass is 459 g/mol. The largest absolute Gasteiger partial charge is 0.433 e. The quantitative estimate of drug-likeness (QED) is 0.301. The molecule has 0 fully saturated rings. The first-order valence-corrected chi connectivity index (χ1v) is 9.38. The summed E-state index contributed by atoms with van der Waals surface area (Å²) in [6.45, 7) is 1.71. The molecule has 1 aromatic carbocycles. The summed E-state index contributed by atoms with van der Waals surface area (Å²) in [5, 5.41) is 3.88. The van der Waals surface area contributed by atoms with Crippen LogP contribution in [-0.2, 0) is 22.5 Å². The number of alkyl halides is 3. The molecule has 0 bridgehead atoms. The molecule has 32 heavy (non-hydrogen) atoms. The molecule has 0 spiro atoms. The van der Waals surface area contributed by atoms with Crippen LogP contribution in [0.2, 0.25) is 0 Å². The van der Waals surface area contributed by atoms with Gasteiger partial charge in [-0.15, -0.1) is 0 Å². The SMILES string of the molecule is COC(NC(=O)C(=O)c1c(C)c(C(=O)Nc2ccc(F)c(F)c2)n2c1CCC2)C(F)(F)F. The van der Waals surface area contributed by atoms with Gasteiger partial charge < -0.3 is 19.9 Å². The van der Waals surface area contributed by atoms with Crippen molar-refractivity contribution < 1.29 is 41.1 Å². The third-order valence-corrected chi connectivity index (χ3v) is 5.03. The molecule has 0 aliphatic carbocycles. The van der Waals surface area contributed by atoms with Crippen molar-refractivity contribution in [2.75, 3.05) is 12.4 Å². The van der Waals surface area contributed by atoms with Crippen molar-refractivity contribution in [2.45, 2.75) is 38.7 Å². The van der Waals surface area contributed by atoms with E-state index in [4.69, 9.17) is 0 Å². The molecule has 2 heterocycles. The highest BCUT2D eigenvalue weighted by Crippen LogP contribution is 2.30. The molecule has 172 valence electrons. The average molecular weight is 459 g/mol. The highest BCUT2D eigenvalue weighted by atomic mass is 19.4.